The van der Waals surface area contributed by atoms with Gasteiger partial charge in [0.25, 0.3) is 0 Å². The zero-order chi connectivity index (χ0) is 6.12. The van der Waals surface area contributed by atoms with Gasteiger partial charge in [-0.2, -0.15) is 11.8 Å². The summed E-state index contributed by atoms with van der Waals surface area (Å²) in [5, 5.41) is 0. The second-order valence-electron chi connectivity index (χ2n) is 0.781. The van der Waals surface area contributed by atoms with Crippen molar-refractivity contribution in [3.63, 3.8) is 0 Å². The van der Waals surface area contributed by atoms with Gasteiger partial charge in [0.05, 0.1) is 0 Å². The molecule has 0 bridgehead atoms. The van der Waals surface area contributed by atoms with Crippen LogP contribution < -0.4 is 0 Å². The van der Waals surface area contributed by atoms with Crippen molar-refractivity contribution >= 4 is 11.8 Å². The molecule has 0 aliphatic heterocycles. The molecule has 0 aromatic rings. The fraction of sp³-hybridized carbons (Fsp3) is 1.00. The second kappa shape index (κ2) is 16.2. The van der Waals surface area contributed by atoms with Gasteiger partial charge in [0.1, 0.15) is 0 Å². The first-order valence-electron chi connectivity index (χ1n) is 2.99. The highest BCUT2D eigenvalue weighted by molar-refractivity contribution is 7.99. The van der Waals surface area contributed by atoms with Crippen LogP contribution in [0, 0.1) is 0 Å². The average Bonchev–Trinajstić information content (AvgIpc) is 1.75. The Bertz CT molecular complexity index is 11.7. The third-order valence-electron chi connectivity index (χ3n) is 0.408. The molecule has 0 amide bonds. The van der Waals surface area contributed by atoms with Crippen molar-refractivity contribution in [2.24, 2.45) is 0 Å². The van der Waals surface area contributed by atoms with Crippen molar-refractivity contribution in [2.75, 3.05) is 11.5 Å². The van der Waals surface area contributed by atoms with Crippen LogP contribution in [0.15, 0.2) is 0 Å². The molecule has 0 saturated heterocycles. The van der Waals surface area contributed by atoms with E-state index in [2.05, 4.69) is 13.8 Å². The zero-order valence-corrected chi connectivity index (χ0v) is 6.64. The van der Waals surface area contributed by atoms with E-state index < -0.39 is 0 Å². The van der Waals surface area contributed by atoms with E-state index >= 15 is 0 Å². The Morgan fingerprint density at radius 2 is 1.29 bits per heavy atom. The molecular weight excluding hydrogens is 104 g/mol. The van der Waals surface area contributed by atoms with E-state index in [1.807, 2.05) is 25.6 Å². The van der Waals surface area contributed by atoms with Crippen molar-refractivity contribution in [1.82, 2.24) is 0 Å². The minimum Gasteiger partial charge on any atom is -0.163 e. The van der Waals surface area contributed by atoms with E-state index in [9.17, 15) is 0 Å². The summed E-state index contributed by atoms with van der Waals surface area (Å²) in [6.07, 6.45) is 0. The molecule has 0 unspecified atom stereocenters. The van der Waals surface area contributed by atoms with Gasteiger partial charge in [-0.15, -0.1) is 0 Å². The van der Waals surface area contributed by atoms with Gasteiger partial charge in [-0.05, 0) is 11.5 Å². The van der Waals surface area contributed by atoms with Crippen molar-refractivity contribution in [1.29, 1.82) is 0 Å². The highest BCUT2D eigenvalue weighted by Crippen LogP contribution is 1.93. The summed E-state index contributed by atoms with van der Waals surface area (Å²) in [7, 11) is 0. The van der Waals surface area contributed by atoms with E-state index in [4.69, 9.17) is 0 Å². The van der Waals surface area contributed by atoms with Crippen LogP contribution in [0.3, 0.4) is 0 Å². The fourth-order valence-corrected chi connectivity index (χ4v) is 0.612. The SMILES string of the molecule is CC.CCSCC. The lowest BCUT2D eigenvalue weighted by molar-refractivity contribution is 1.46. The molecule has 0 aliphatic rings. The van der Waals surface area contributed by atoms with Gasteiger partial charge in [-0.25, -0.2) is 0 Å². The predicted molar refractivity (Wildman–Crippen MR) is 40.0 cm³/mol. The Balaban J connectivity index is 0. The van der Waals surface area contributed by atoms with Crippen LogP contribution in [0.5, 0.6) is 0 Å². The predicted octanol–water partition coefficient (Wildman–Crippen LogP) is 2.79. The lowest BCUT2D eigenvalue weighted by atomic mass is 11.0. The molecule has 7 heavy (non-hydrogen) atoms. The quantitative estimate of drug-likeness (QED) is 0.540. The van der Waals surface area contributed by atoms with Crippen LogP contribution in [-0.2, 0) is 0 Å². The molecule has 0 aromatic heterocycles. The van der Waals surface area contributed by atoms with E-state index in [1.54, 1.807) is 0 Å². The maximum Gasteiger partial charge on any atom is -0.00961 e. The Hall–Kier alpha value is 0.350. The number of hydrogen-bond acceptors (Lipinski definition) is 1. The molecule has 0 radical (unpaired) electrons. The van der Waals surface area contributed by atoms with Crippen molar-refractivity contribution < 1.29 is 0 Å². The van der Waals surface area contributed by atoms with Crippen LogP contribution in [0.4, 0.5) is 0 Å². The third-order valence-corrected chi connectivity index (χ3v) is 1.22. The van der Waals surface area contributed by atoms with E-state index in [0.717, 1.165) is 0 Å². The third kappa shape index (κ3) is 21.8. The molecule has 46 valence electrons. The standard InChI is InChI=1S/C4H10S.C2H6/c1-3-5-4-2;1-2/h3-4H2,1-2H3;1-2H3. The summed E-state index contributed by atoms with van der Waals surface area (Å²) in [6.45, 7) is 8.35. The molecule has 0 aliphatic carbocycles. The fourth-order valence-electron chi connectivity index (χ4n) is 0.204. The number of hydrogen-bond donors (Lipinski definition) is 0. The molecular formula is C6H16S. The van der Waals surface area contributed by atoms with E-state index in [1.165, 1.54) is 11.5 Å². The molecule has 0 atom stereocenters. The van der Waals surface area contributed by atoms with Gasteiger partial charge in [0, 0.05) is 0 Å². The maximum absolute atomic E-state index is 2.17. The highest BCUT2D eigenvalue weighted by atomic mass is 32.2. The summed E-state index contributed by atoms with van der Waals surface area (Å²) < 4.78 is 0. The molecule has 1 heteroatoms. The normalized spacial score (nSPS) is 6.86. The summed E-state index contributed by atoms with van der Waals surface area (Å²) in [4.78, 5) is 0. The van der Waals surface area contributed by atoms with Gasteiger partial charge < -0.3 is 0 Å². The summed E-state index contributed by atoms with van der Waals surface area (Å²) >= 11 is 1.96. The van der Waals surface area contributed by atoms with Crippen molar-refractivity contribution in [3.05, 3.63) is 0 Å². The summed E-state index contributed by atoms with van der Waals surface area (Å²) in [6, 6.07) is 0. The van der Waals surface area contributed by atoms with Gasteiger partial charge in [-0.3, -0.25) is 0 Å². The monoisotopic (exact) mass is 120 g/mol. The lowest BCUT2D eigenvalue weighted by Gasteiger charge is -1.80. The first kappa shape index (κ1) is 10.4. The minimum atomic E-state index is 1.26. The lowest BCUT2D eigenvalue weighted by Crippen LogP contribution is -1.64. The van der Waals surface area contributed by atoms with E-state index in [0.29, 0.717) is 0 Å². The molecule has 0 saturated carbocycles. The van der Waals surface area contributed by atoms with Crippen LogP contribution in [0.25, 0.3) is 0 Å². The van der Waals surface area contributed by atoms with E-state index in [-0.39, 0.29) is 0 Å². The Kier molecular flexibility index (Phi) is 24.0. The van der Waals surface area contributed by atoms with Gasteiger partial charge in [0.2, 0.25) is 0 Å². The van der Waals surface area contributed by atoms with Crippen LogP contribution in [-0.4, -0.2) is 11.5 Å². The molecule has 0 fully saturated rings. The minimum absolute atomic E-state index is 1.26. The maximum atomic E-state index is 2.17. The highest BCUT2D eigenvalue weighted by Gasteiger charge is 1.67. The van der Waals surface area contributed by atoms with Crippen molar-refractivity contribution in [2.45, 2.75) is 27.7 Å². The van der Waals surface area contributed by atoms with Crippen LogP contribution in [0.2, 0.25) is 0 Å². The van der Waals surface area contributed by atoms with Crippen molar-refractivity contribution in [3.8, 4) is 0 Å². The topological polar surface area (TPSA) is 0 Å². The Morgan fingerprint density at radius 3 is 1.29 bits per heavy atom. The molecule has 0 aromatic carbocycles. The zero-order valence-electron chi connectivity index (χ0n) is 5.82. The Labute approximate surface area is 51.7 Å². The average molecular weight is 120 g/mol. The molecule has 0 nitrogen and oxygen atoms in total. The molecule has 0 spiro atoms. The largest absolute Gasteiger partial charge is 0.163 e. The van der Waals surface area contributed by atoms with Crippen LogP contribution >= 0.6 is 11.8 Å². The molecule has 0 heterocycles. The number of thioether (sulfide) groups is 1. The first-order chi connectivity index (χ1) is 3.41. The molecule has 0 N–H and O–H groups in total. The van der Waals surface area contributed by atoms with Gasteiger partial charge >= 0.3 is 0 Å². The smallest absolute Gasteiger partial charge is 0.00961 e. The van der Waals surface area contributed by atoms with Crippen LogP contribution in [0.1, 0.15) is 27.7 Å². The van der Waals surface area contributed by atoms with Gasteiger partial charge in [0.15, 0.2) is 0 Å². The molecule has 0 rings (SSSR count). The Morgan fingerprint density at radius 1 is 1.00 bits per heavy atom. The number of rotatable bonds is 2. The van der Waals surface area contributed by atoms with Gasteiger partial charge in [-0.1, -0.05) is 27.7 Å². The summed E-state index contributed by atoms with van der Waals surface area (Å²) in [5.41, 5.74) is 0. The first-order valence-corrected chi connectivity index (χ1v) is 4.15. The second-order valence-corrected chi connectivity index (χ2v) is 2.34. The summed E-state index contributed by atoms with van der Waals surface area (Å²) in [5.74, 6) is 2.52.